The number of rotatable bonds is 6. The van der Waals surface area contributed by atoms with Crippen molar-refractivity contribution >= 4 is 0 Å². The molecule has 0 aromatic heterocycles. The number of aliphatic hydroxyl groups excluding tert-OH is 2. The van der Waals surface area contributed by atoms with Gasteiger partial charge in [-0.25, -0.2) is 0 Å². The van der Waals surface area contributed by atoms with Crippen LogP contribution in [0.2, 0.25) is 0 Å². The van der Waals surface area contributed by atoms with Gasteiger partial charge in [0.15, 0.2) is 0 Å². The summed E-state index contributed by atoms with van der Waals surface area (Å²) in [6.45, 7) is 0. The molecule has 0 radical (unpaired) electrons. The lowest BCUT2D eigenvalue weighted by Gasteiger charge is -2.16. The van der Waals surface area contributed by atoms with Crippen LogP contribution in [-0.4, -0.2) is 16.3 Å². The van der Waals surface area contributed by atoms with Gasteiger partial charge in [-0.15, -0.1) is 0 Å². The second kappa shape index (κ2) is 7.07. The van der Waals surface area contributed by atoms with Crippen LogP contribution in [0, 0.1) is 0 Å². The van der Waals surface area contributed by atoms with E-state index in [1.54, 1.807) is 0 Å². The van der Waals surface area contributed by atoms with Gasteiger partial charge in [-0.1, -0.05) is 60.7 Å². The highest BCUT2D eigenvalue weighted by atomic mass is 16.3. The summed E-state index contributed by atoms with van der Waals surface area (Å²) in [5, 5.41) is 20.0. The normalized spacial score (nSPS) is 14.0. The Bertz CT molecular complexity index is 467. The SMILES string of the molecule is OC(CCc1ccccc1)CC(O)c1ccccc1. The third kappa shape index (κ3) is 4.51. The predicted octanol–water partition coefficient (Wildman–Crippen LogP) is 3.10. The van der Waals surface area contributed by atoms with Gasteiger partial charge in [0.05, 0.1) is 12.2 Å². The number of aliphatic hydroxyl groups is 2. The second-order valence-corrected chi connectivity index (χ2v) is 4.84. The van der Waals surface area contributed by atoms with Crippen LogP contribution in [0.5, 0.6) is 0 Å². The fourth-order valence-electron chi connectivity index (χ4n) is 2.16. The van der Waals surface area contributed by atoms with E-state index >= 15 is 0 Å². The van der Waals surface area contributed by atoms with Crippen molar-refractivity contribution in [2.24, 2.45) is 0 Å². The summed E-state index contributed by atoms with van der Waals surface area (Å²) in [5.41, 5.74) is 2.08. The largest absolute Gasteiger partial charge is 0.393 e. The quantitative estimate of drug-likeness (QED) is 0.833. The maximum absolute atomic E-state index is 10.0. The standard InChI is InChI=1S/C17H20O2/c18-16(12-11-14-7-3-1-4-8-14)13-17(19)15-9-5-2-6-10-15/h1-10,16-19H,11-13H2. The summed E-state index contributed by atoms with van der Waals surface area (Å²) in [5.74, 6) is 0. The van der Waals surface area contributed by atoms with Gasteiger partial charge < -0.3 is 10.2 Å². The van der Waals surface area contributed by atoms with Crippen molar-refractivity contribution < 1.29 is 10.2 Å². The summed E-state index contributed by atoms with van der Waals surface area (Å²) in [6.07, 6.45) is 0.830. The Morgan fingerprint density at radius 3 is 2.00 bits per heavy atom. The van der Waals surface area contributed by atoms with E-state index in [-0.39, 0.29) is 0 Å². The lowest BCUT2D eigenvalue weighted by atomic mass is 9.99. The number of benzene rings is 2. The van der Waals surface area contributed by atoms with Gasteiger partial charge in [-0.05, 0) is 24.0 Å². The minimum atomic E-state index is -0.591. The summed E-state index contributed by atoms with van der Waals surface area (Å²) in [4.78, 5) is 0. The lowest BCUT2D eigenvalue weighted by molar-refractivity contribution is 0.0757. The Kier molecular flexibility index (Phi) is 5.13. The molecule has 2 rings (SSSR count). The van der Waals surface area contributed by atoms with Crippen LogP contribution in [-0.2, 0) is 6.42 Å². The molecule has 2 N–H and O–H groups in total. The molecule has 100 valence electrons. The molecule has 0 amide bonds. The molecule has 19 heavy (non-hydrogen) atoms. The van der Waals surface area contributed by atoms with Crippen LogP contribution in [0.4, 0.5) is 0 Å². The van der Waals surface area contributed by atoms with E-state index in [4.69, 9.17) is 0 Å². The van der Waals surface area contributed by atoms with Crippen LogP contribution in [0.25, 0.3) is 0 Å². The molecule has 0 saturated carbocycles. The molecular weight excluding hydrogens is 236 g/mol. The third-order valence-electron chi connectivity index (χ3n) is 3.29. The van der Waals surface area contributed by atoms with Crippen molar-refractivity contribution in [1.82, 2.24) is 0 Å². The Balaban J connectivity index is 1.80. The highest BCUT2D eigenvalue weighted by Gasteiger charge is 2.13. The highest BCUT2D eigenvalue weighted by Crippen LogP contribution is 2.19. The first kappa shape index (κ1) is 13.8. The maximum Gasteiger partial charge on any atom is 0.0814 e. The van der Waals surface area contributed by atoms with E-state index in [1.807, 2.05) is 48.5 Å². The molecule has 0 fully saturated rings. The minimum Gasteiger partial charge on any atom is -0.393 e. The van der Waals surface area contributed by atoms with Crippen molar-refractivity contribution in [2.75, 3.05) is 0 Å². The molecule has 0 spiro atoms. The van der Waals surface area contributed by atoms with Crippen molar-refractivity contribution in [3.8, 4) is 0 Å². The fraction of sp³-hybridized carbons (Fsp3) is 0.294. The molecular formula is C17H20O2. The molecule has 0 bridgehead atoms. The molecule has 2 atom stereocenters. The molecule has 2 unspecified atom stereocenters. The van der Waals surface area contributed by atoms with Crippen molar-refractivity contribution in [3.05, 3.63) is 71.8 Å². The van der Waals surface area contributed by atoms with Gasteiger partial charge in [-0.3, -0.25) is 0 Å². The molecule has 2 aromatic rings. The molecule has 0 aliphatic heterocycles. The lowest BCUT2D eigenvalue weighted by Crippen LogP contribution is -2.13. The van der Waals surface area contributed by atoms with Gasteiger partial charge >= 0.3 is 0 Å². The van der Waals surface area contributed by atoms with Crippen molar-refractivity contribution in [1.29, 1.82) is 0 Å². The average Bonchev–Trinajstić information content (AvgIpc) is 2.47. The topological polar surface area (TPSA) is 40.5 Å². The van der Waals surface area contributed by atoms with E-state index in [0.717, 1.165) is 12.0 Å². The second-order valence-electron chi connectivity index (χ2n) is 4.84. The van der Waals surface area contributed by atoms with Gasteiger partial charge in [0.1, 0.15) is 0 Å². The minimum absolute atomic E-state index is 0.386. The molecule has 2 heteroatoms. The van der Waals surface area contributed by atoms with Gasteiger partial charge in [0.25, 0.3) is 0 Å². The number of hydrogen-bond donors (Lipinski definition) is 2. The van der Waals surface area contributed by atoms with E-state index in [0.29, 0.717) is 12.8 Å². The van der Waals surface area contributed by atoms with Gasteiger partial charge in [-0.2, -0.15) is 0 Å². The van der Waals surface area contributed by atoms with Gasteiger partial charge in [0.2, 0.25) is 0 Å². The predicted molar refractivity (Wildman–Crippen MR) is 76.8 cm³/mol. The molecule has 2 aromatic carbocycles. The average molecular weight is 256 g/mol. The zero-order valence-corrected chi connectivity index (χ0v) is 10.9. The zero-order valence-electron chi connectivity index (χ0n) is 10.9. The van der Waals surface area contributed by atoms with Crippen LogP contribution in [0.3, 0.4) is 0 Å². The number of hydrogen-bond acceptors (Lipinski definition) is 2. The first-order chi connectivity index (χ1) is 9.25. The third-order valence-corrected chi connectivity index (χ3v) is 3.29. The zero-order chi connectivity index (χ0) is 13.5. The van der Waals surface area contributed by atoms with E-state index in [9.17, 15) is 10.2 Å². The van der Waals surface area contributed by atoms with E-state index in [2.05, 4.69) is 12.1 Å². The van der Waals surface area contributed by atoms with Crippen molar-refractivity contribution in [3.63, 3.8) is 0 Å². The maximum atomic E-state index is 10.0. The Morgan fingerprint density at radius 2 is 1.37 bits per heavy atom. The first-order valence-corrected chi connectivity index (χ1v) is 6.70. The monoisotopic (exact) mass is 256 g/mol. The number of aryl methyl sites for hydroxylation is 1. The summed E-state index contributed by atoms with van der Waals surface area (Å²) < 4.78 is 0. The van der Waals surface area contributed by atoms with Crippen LogP contribution >= 0.6 is 0 Å². The summed E-state index contributed by atoms with van der Waals surface area (Å²) >= 11 is 0. The van der Waals surface area contributed by atoms with Crippen LogP contribution in [0.15, 0.2) is 60.7 Å². The molecule has 2 nitrogen and oxygen atoms in total. The van der Waals surface area contributed by atoms with Crippen LogP contribution in [0.1, 0.15) is 30.1 Å². The Labute approximate surface area is 114 Å². The van der Waals surface area contributed by atoms with Gasteiger partial charge in [0, 0.05) is 6.42 Å². The highest BCUT2D eigenvalue weighted by molar-refractivity contribution is 5.17. The summed E-state index contributed by atoms with van der Waals surface area (Å²) in [6, 6.07) is 19.6. The molecule has 0 saturated heterocycles. The van der Waals surface area contributed by atoms with Crippen molar-refractivity contribution in [2.45, 2.75) is 31.5 Å². The van der Waals surface area contributed by atoms with E-state index < -0.39 is 12.2 Å². The molecule has 0 heterocycles. The first-order valence-electron chi connectivity index (χ1n) is 6.70. The van der Waals surface area contributed by atoms with Crippen LogP contribution < -0.4 is 0 Å². The fourth-order valence-corrected chi connectivity index (χ4v) is 2.16. The molecule has 0 aliphatic carbocycles. The van der Waals surface area contributed by atoms with E-state index in [1.165, 1.54) is 5.56 Å². The summed E-state index contributed by atoms with van der Waals surface area (Å²) in [7, 11) is 0. The Morgan fingerprint density at radius 1 is 0.789 bits per heavy atom. The Hall–Kier alpha value is -1.64. The molecule has 0 aliphatic rings. The smallest absolute Gasteiger partial charge is 0.0814 e.